The van der Waals surface area contributed by atoms with Gasteiger partial charge in [-0.15, -0.1) is 0 Å². The average molecular weight is 294 g/mol. The predicted octanol–water partition coefficient (Wildman–Crippen LogP) is 4.16. The Balaban J connectivity index is 2.30. The summed E-state index contributed by atoms with van der Waals surface area (Å²) in [5.41, 5.74) is 5.73. The zero-order chi connectivity index (χ0) is 14.0. The Morgan fingerprint density at radius 1 is 1.11 bits per heavy atom. The van der Waals surface area contributed by atoms with Crippen molar-refractivity contribution in [3.8, 4) is 0 Å². The summed E-state index contributed by atoms with van der Waals surface area (Å²) in [7, 11) is 0. The van der Waals surface area contributed by atoms with Gasteiger partial charge in [0.1, 0.15) is 16.7 Å². The van der Waals surface area contributed by atoms with Crippen LogP contribution in [0, 0.1) is 0 Å². The molecule has 2 N–H and O–H groups in total. The van der Waals surface area contributed by atoms with Crippen LogP contribution in [-0.2, 0) is 5.41 Å². The monoisotopic (exact) mass is 293 g/mol. The van der Waals surface area contributed by atoms with Crippen molar-refractivity contribution in [2.24, 2.45) is 0 Å². The Bertz CT molecular complexity index is 576. The molecule has 2 aromatic rings. The molecule has 0 unspecified atom stereocenters. The van der Waals surface area contributed by atoms with Crippen molar-refractivity contribution in [2.75, 3.05) is 5.73 Å². The van der Waals surface area contributed by atoms with E-state index >= 15 is 0 Å². The normalized spacial score (nSPS) is 11.6. The SMILES string of the molecule is CC(C)(C)c1nc(N)cc(Sc2ccc(Cl)cc2)n1. The van der Waals surface area contributed by atoms with Crippen molar-refractivity contribution >= 4 is 29.2 Å². The zero-order valence-corrected chi connectivity index (χ0v) is 12.7. The second-order valence-electron chi connectivity index (χ2n) is 5.26. The van der Waals surface area contributed by atoms with E-state index in [2.05, 4.69) is 30.7 Å². The summed E-state index contributed by atoms with van der Waals surface area (Å²) in [4.78, 5) is 9.93. The second kappa shape index (κ2) is 5.39. The van der Waals surface area contributed by atoms with E-state index in [4.69, 9.17) is 17.3 Å². The number of halogens is 1. The lowest BCUT2D eigenvalue weighted by Gasteiger charge is -2.17. The maximum absolute atomic E-state index is 5.87. The minimum absolute atomic E-state index is 0.120. The highest BCUT2D eigenvalue weighted by Gasteiger charge is 2.18. The maximum Gasteiger partial charge on any atom is 0.137 e. The molecule has 19 heavy (non-hydrogen) atoms. The molecule has 0 saturated heterocycles. The molecular formula is C14H16ClN3S. The Morgan fingerprint density at radius 2 is 1.74 bits per heavy atom. The van der Waals surface area contributed by atoms with E-state index in [1.54, 1.807) is 17.8 Å². The van der Waals surface area contributed by atoms with Crippen LogP contribution in [0.1, 0.15) is 26.6 Å². The van der Waals surface area contributed by atoms with Crippen molar-refractivity contribution in [3.05, 3.63) is 41.2 Å². The first-order valence-corrected chi connectivity index (χ1v) is 7.12. The lowest BCUT2D eigenvalue weighted by molar-refractivity contribution is 0.540. The molecule has 0 amide bonds. The molecule has 100 valence electrons. The predicted molar refractivity (Wildman–Crippen MR) is 80.7 cm³/mol. The van der Waals surface area contributed by atoms with Crippen LogP contribution in [-0.4, -0.2) is 9.97 Å². The largest absolute Gasteiger partial charge is 0.384 e. The Morgan fingerprint density at radius 3 is 2.32 bits per heavy atom. The first-order valence-electron chi connectivity index (χ1n) is 5.93. The van der Waals surface area contributed by atoms with Crippen molar-refractivity contribution in [1.82, 2.24) is 9.97 Å². The molecule has 3 nitrogen and oxygen atoms in total. The van der Waals surface area contributed by atoms with Crippen LogP contribution in [0.2, 0.25) is 5.02 Å². The number of anilines is 1. The molecule has 0 aliphatic heterocycles. The molecule has 2 rings (SSSR count). The molecule has 0 fully saturated rings. The van der Waals surface area contributed by atoms with Crippen LogP contribution < -0.4 is 5.73 Å². The van der Waals surface area contributed by atoms with E-state index in [9.17, 15) is 0 Å². The summed E-state index contributed by atoms with van der Waals surface area (Å²) < 4.78 is 0. The van der Waals surface area contributed by atoms with E-state index in [0.29, 0.717) is 5.82 Å². The van der Waals surface area contributed by atoms with Gasteiger partial charge in [-0.25, -0.2) is 9.97 Å². The molecule has 0 aliphatic carbocycles. The summed E-state index contributed by atoms with van der Waals surface area (Å²) in [5.74, 6) is 1.25. The molecule has 0 spiro atoms. The molecule has 0 aliphatic rings. The molecule has 0 radical (unpaired) electrons. The number of nitrogens with two attached hydrogens (primary N) is 1. The standard InChI is InChI=1S/C14H16ClN3S/c1-14(2,3)13-17-11(16)8-12(18-13)19-10-6-4-9(15)5-7-10/h4-8H,1-3H3,(H2,16,17,18). The van der Waals surface area contributed by atoms with Gasteiger partial charge >= 0.3 is 0 Å². The number of benzene rings is 1. The van der Waals surface area contributed by atoms with Gasteiger partial charge in [0.2, 0.25) is 0 Å². The summed E-state index contributed by atoms with van der Waals surface area (Å²) >= 11 is 7.42. The minimum atomic E-state index is -0.120. The topological polar surface area (TPSA) is 51.8 Å². The fraction of sp³-hybridized carbons (Fsp3) is 0.286. The number of hydrogen-bond donors (Lipinski definition) is 1. The van der Waals surface area contributed by atoms with Crippen LogP contribution in [0.5, 0.6) is 0 Å². The van der Waals surface area contributed by atoms with Crippen molar-refractivity contribution < 1.29 is 0 Å². The molecule has 5 heteroatoms. The first-order chi connectivity index (χ1) is 8.84. The van der Waals surface area contributed by atoms with Gasteiger partial charge in [-0.05, 0) is 24.3 Å². The number of hydrogen-bond acceptors (Lipinski definition) is 4. The second-order valence-corrected chi connectivity index (χ2v) is 6.79. The third-order valence-electron chi connectivity index (χ3n) is 2.43. The van der Waals surface area contributed by atoms with Gasteiger partial charge in [0.05, 0.1) is 0 Å². The lowest BCUT2D eigenvalue weighted by atomic mass is 9.96. The number of rotatable bonds is 2. The van der Waals surface area contributed by atoms with Crippen molar-refractivity contribution in [3.63, 3.8) is 0 Å². The van der Waals surface area contributed by atoms with Crippen LogP contribution in [0.4, 0.5) is 5.82 Å². The molecular weight excluding hydrogens is 278 g/mol. The summed E-state index contributed by atoms with van der Waals surface area (Å²) in [6.07, 6.45) is 0. The van der Waals surface area contributed by atoms with Crippen molar-refractivity contribution in [2.45, 2.75) is 36.1 Å². The van der Waals surface area contributed by atoms with E-state index in [1.807, 2.05) is 24.3 Å². The summed E-state index contributed by atoms with van der Waals surface area (Å²) in [6.45, 7) is 6.20. The van der Waals surface area contributed by atoms with Crippen LogP contribution in [0.25, 0.3) is 0 Å². The van der Waals surface area contributed by atoms with E-state index in [1.165, 1.54) is 0 Å². The fourth-order valence-electron chi connectivity index (χ4n) is 1.45. The van der Waals surface area contributed by atoms with Gasteiger partial charge in [-0.3, -0.25) is 0 Å². The molecule has 1 heterocycles. The van der Waals surface area contributed by atoms with Crippen LogP contribution in [0.3, 0.4) is 0 Å². The number of nitrogens with zero attached hydrogens (tertiary/aromatic N) is 2. The van der Waals surface area contributed by atoms with Crippen LogP contribution >= 0.6 is 23.4 Å². The Kier molecular flexibility index (Phi) is 4.02. The van der Waals surface area contributed by atoms with Crippen LogP contribution in [0.15, 0.2) is 40.3 Å². The highest BCUT2D eigenvalue weighted by Crippen LogP contribution is 2.29. The number of nitrogen functional groups attached to an aromatic ring is 1. The van der Waals surface area contributed by atoms with E-state index in [0.717, 1.165) is 20.8 Å². The minimum Gasteiger partial charge on any atom is -0.384 e. The fourth-order valence-corrected chi connectivity index (χ4v) is 2.41. The lowest BCUT2D eigenvalue weighted by Crippen LogP contribution is -2.17. The third kappa shape index (κ3) is 3.85. The van der Waals surface area contributed by atoms with Gasteiger partial charge < -0.3 is 5.73 Å². The summed E-state index contributed by atoms with van der Waals surface area (Å²) in [6, 6.07) is 9.43. The molecule has 1 aromatic heterocycles. The van der Waals surface area contributed by atoms with Gasteiger partial charge in [-0.1, -0.05) is 44.1 Å². The molecule has 0 atom stereocenters. The van der Waals surface area contributed by atoms with Gasteiger partial charge in [0.25, 0.3) is 0 Å². The van der Waals surface area contributed by atoms with Gasteiger partial charge in [0.15, 0.2) is 0 Å². The molecule has 1 aromatic carbocycles. The third-order valence-corrected chi connectivity index (χ3v) is 3.61. The van der Waals surface area contributed by atoms with Gasteiger partial charge in [-0.2, -0.15) is 0 Å². The molecule has 0 saturated carbocycles. The Hall–Kier alpha value is -1.26. The average Bonchev–Trinajstić information content (AvgIpc) is 2.30. The Labute approximate surface area is 122 Å². The highest BCUT2D eigenvalue weighted by molar-refractivity contribution is 7.99. The first kappa shape index (κ1) is 14.2. The zero-order valence-electron chi connectivity index (χ0n) is 11.1. The summed E-state index contributed by atoms with van der Waals surface area (Å²) in [5, 5.41) is 1.57. The van der Waals surface area contributed by atoms with E-state index in [-0.39, 0.29) is 5.41 Å². The van der Waals surface area contributed by atoms with Crippen molar-refractivity contribution in [1.29, 1.82) is 0 Å². The van der Waals surface area contributed by atoms with E-state index < -0.39 is 0 Å². The smallest absolute Gasteiger partial charge is 0.137 e. The quantitative estimate of drug-likeness (QED) is 0.845. The van der Waals surface area contributed by atoms with Gasteiger partial charge in [0, 0.05) is 21.4 Å². The number of aromatic nitrogens is 2. The molecule has 0 bridgehead atoms. The highest BCUT2D eigenvalue weighted by atomic mass is 35.5. The maximum atomic E-state index is 5.87.